The number of amides is 1. The molecule has 0 bridgehead atoms. The van der Waals surface area contributed by atoms with Crippen LogP contribution in [0.3, 0.4) is 0 Å². The minimum absolute atomic E-state index is 0.0400. The standard InChI is InChI=1S/C19H27NO5S/c1-4-26(23,24)17-11-6-5-9-15(17)19(22)25-12-18(21)20-16-10-7-8-13(2)14(16)3/h5-6,9,11,13-14,16H,4,7-8,10,12H2,1-3H3,(H,20,21)/t13-,14+,16+/m1/s1. The normalized spacial score (nSPS) is 23.3. The molecule has 0 saturated heterocycles. The van der Waals surface area contributed by atoms with E-state index in [1.54, 1.807) is 12.1 Å². The monoisotopic (exact) mass is 381 g/mol. The third-order valence-corrected chi connectivity index (χ3v) is 7.00. The number of nitrogens with one attached hydrogen (secondary N) is 1. The predicted molar refractivity (Wildman–Crippen MR) is 98.6 cm³/mol. The summed E-state index contributed by atoms with van der Waals surface area (Å²) >= 11 is 0. The molecule has 26 heavy (non-hydrogen) atoms. The Morgan fingerprint density at radius 2 is 1.88 bits per heavy atom. The highest BCUT2D eigenvalue weighted by Crippen LogP contribution is 2.29. The molecular formula is C19H27NO5S. The number of ether oxygens (including phenoxy) is 1. The Hall–Kier alpha value is -1.89. The van der Waals surface area contributed by atoms with Crippen LogP contribution in [-0.4, -0.2) is 38.7 Å². The van der Waals surface area contributed by atoms with Crippen LogP contribution in [0.15, 0.2) is 29.2 Å². The van der Waals surface area contributed by atoms with Crippen molar-refractivity contribution in [3.63, 3.8) is 0 Å². The fourth-order valence-corrected chi connectivity index (χ4v) is 4.39. The van der Waals surface area contributed by atoms with Crippen molar-refractivity contribution < 1.29 is 22.7 Å². The fraction of sp³-hybridized carbons (Fsp3) is 0.579. The summed E-state index contributed by atoms with van der Waals surface area (Å²) in [6.07, 6.45) is 3.15. The van der Waals surface area contributed by atoms with Gasteiger partial charge in [0.1, 0.15) is 0 Å². The molecule has 0 heterocycles. The van der Waals surface area contributed by atoms with Gasteiger partial charge in [0.2, 0.25) is 0 Å². The molecule has 1 N–H and O–H groups in total. The van der Waals surface area contributed by atoms with E-state index >= 15 is 0 Å². The molecule has 6 nitrogen and oxygen atoms in total. The predicted octanol–water partition coefficient (Wildman–Crippen LogP) is 2.58. The van der Waals surface area contributed by atoms with Crippen LogP contribution in [0.4, 0.5) is 0 Å². The Morgan fingerprint density at radius 1 is 1.19 bits per heavy atom. The average molecular weight is 381 g/mol. The van der Waals surface area contributed by atoms with E-state index in [0.717, 1.165) is 19.3 Å². The topological polar surface area (TPSA) is 89.5 Å². The lowest BCUT2D eigenvalue weighted by molar-refractivity contribution is -0.125. The van der Waals surface area contributed by atoms with Crippen molar-refractivity contribution in [2.45, 2.75) is 51.0 Å². The first-order valence-corrected chi connectivity index (χ1v) is 10.7. The van der Waals surface area contributed by atoms with Crippen molar-refractivity contribution in [3.8, 4) is 0 Å². The first-order chi connectivity index (χ1) is 12.3. The van der Waals surface area contributed by atoms with Gasteiger partial charge in [-0.3, -0.25) is 4.79 Å². The van der Waals surface area contributed by atoms with Crippen molar-refractivity contribution in [1.82, 2.24) is 5.32 Å². The van der Waals surface area contributed by atoms with Crippen LogP contribution in [0.2, 0.25) is 0 Å². The third-order valence-electron chi connectivity index (χ3n) is 5.21. The Morgan fingerprint density at radius 3 is 2.58 bits per heavy atom. The summed E-state index contributed by atoms with van der Waals surface area (Å²) in [6.45, 7) is 5.38. The molecule has 0 spiro atoms. The second-order valence-corrected chi connectivity index (χ2v) is 9.16. The molecule has 1 aromatic rings. The van der Waals surface area contributed by atoms with Gasteiger partial charge in [0.15, 0.2) is 16.4 Å². The number of carbonyl (C=O) groups is 2. The van der Waals surface area contributed by atoms with Crippen molar-refractivity contribution in [1.29, 1.82) is 0 Å². The summed E-state index contributed by atoms with van der Waals surface area (Å²) in [4.78, 5) is 24.3. The molecule has 0 aliphatic heterocycles. The Labute approximate surface area is 155 Å². The molecule has 1 fully saturated rings. The van der Waals surface area contributed by atoms with E-state index in [1.807, 2.05) is 0 Å². The Kier molecular flexibility index (Phi) is 6.81. The zero-order chi connectivity index (χ0) is 19.3. The van der Waals surface area contributed by atoms with Crippen LogP contribution in [0.5, 0.6) is 0 Å². The van der Waals surface area contributed by atoms with E-state index in [0.29, 0.717) is 11.8 Å². The van der Waals surface area contributed by atoms with Gasteiger partial charge in [-0.1, -0.05) is 45.7 Å². The van der Waals surface area contributed by atoms with Gasteiger partial charge in [-0.15, -0.1) is 0 Å². The summed E-state index contributed by atoms with van der Waals surface area (Å²) in [5.41, 5.74) is -0.0400. The average Bonchev–Trinajstić information content (AvgIpc) is 2.63. The number of hydrogen-bond acceptors (Lipinski definition) is 5. The number of benzene rings is 1. The molecule has 0 unspecified atom stereocenters. The van der Waals surface area contributed by atoms with Gasteiger partial charge < -0.3 is 10.1 Å². The maximum absolute atomic E-state index is 12.3. The summed E-state index contributed by atoms with van der Waals surface area (Å²) in [5, 5.41) is 2.93. The zero-order valence-corrected chi connectivity index (χ0v) is 16.3. The van der Waals surface area contributed by atoms with Gasteiger partial charge in [-0.05, 0) is 30.4 Å². The van der Waals surface area contributed by atoms with E-state index in [-0.39, 0.29) is 28.2 Å². The zero-order valence-electron chi connectivity index (χ0n) is 15.5. The number of hydrogen-bond donors (Lipinski definition) is 1. The summed E-state index contributed by atoms with van der Waals surface area (Å²) < 4.78 is 29.3. The quantitative estimate of drug-likeness (QED) is 0.765. The van der Waals surface area contributed by atoms with Crippen molar-refractivity contribution in [2.24, 2.45) is 11.8 Å². The fourth-order valence-electron chi connectivity index (χ4n) is 3.30. The minimum atomic E-state index is -3.55. The Bertz CT molecular complexity index is 759. The number of esters is 1. The van der Waals surface area contributed by atoms with Crippen LogP contribution in [0, 0.1) is 11.8 Å². The highest BCUT2D eigenvalue weighted by Gasteiger charge is 2.28. The van der Waals surface area contributed by atoms with Crippen molar-refractivity contribution in [3.05, 3.63) is 29.8 Å². The summed E-state index contributed by atoms with van der Waals surface area (Å²) in [5.74, 6) is -0.366. The summed E-state index contributed by atoms with van der Waals surface area (Å²) in [6, 6.07) is 5.97. The molecular weight excluding hydrogens is 354 g/mol. The largest absolute Gasteiger partial charge is 0.452 e. The SMILES string of the molecule is CCS(=O)(=O)c1ccccc1C(=O)OCC(=O)N[C@H]1CCC[C@@H](C)[C@@H]1C. The van der Waals surface area contributed by atoms with Crippen LogP contribution in [0.1, 0.15) is 50.4 Å². The number of rotatable bonds is 6. The Balaban J connectivity index is 1.98. The van der Waals surface area contributed by atoms with Gasteiger partial charge >= 0.3 is 5.97 Å². The lowest BCUT2D eigenvalue weighted by atomic mass is 9.78. The van der Waals surface area contributed by atoms with Crippen LogP contribution in [0.25, 0.3) is 0 Å². The molecule has 1 aromatic carbocycles. The maximum atomic E-state index is 12.3. The molecule has 1 amide bonds. The minimum Gasteiger partial charge on any atom is -0.452 e. The van der Waals surface area contributed by atoms with Gasteiger partial charge in [-0.25, -0.2) is 13.2 Å². The molecule has 0 aromatic heterocycles. The highest BCUT2D eigenvalue weighted by atomic mass is 32.2. The van der Waals surface area contributed by atoms with E-state index < -0.39 is 22.4 Å². The third kappa shape index (κ3) is 4.84. The number of sulfone groups is 1. The van der Waals surface area contributed by atoms with Gasteiger partial charge in [0.25, 0.3) is 5.91 Å². The van der Waals surface area contributed by atoms with E-state index in [4.69, 9.17) is 4.74 Å². The molecule has 1 aliphatic carbocycles. The van der Waals surface area contributed by atoms with Crippen molar-refractivity contribution >= 4 is 21.7 Å². The lowest BCUT2D eigenvalue weighted by Crippen LogP contribution is -2.45. The number of carbonyl (C=O) groups excluding carboxylic acids is 2. The molecule has 144 valence electrons. The summed E-state index contributed by atoms with van der Waals surface area (Å²) in [7, 11) is -3.55. The molecule has 7 heteroatoms. The van der Waals surface area contributed by atoms with Crippen molar-refractivity contribution in [2.75, 3.05) is 12.4 Å². The van der Waals surface area contributed by atoms with E-state index in [1.165, 1.54) is 19.1 Å². The lowest BCUT2D eigenvalue weighted by Gasteiger charge is -2.34. The second kappa shape index (κ2) is 8.66. The second-order valence-electron chi connectivity index (χ2n) is 6.92. The first kappa shape index (κ1) is 20.4. The van der Waals surface area contributed by atoms with Gasteiger partial charge in [0, 0.05) is 6.04 Å². The smallest absolute Gasteiger partial charge is 0.339 e. The van der Waals surface area contributed by atoms with Gasteiger partial charge in [-0.2, -0.15) is 0 Å². The molecule has 2 rings (SSSR count). The maximum Gasteiger partial charge on any atom is 0.339 e. The van der Waals surface area contributed by atoms with Crippen LogP contribution in [-0.2, 0) is 19.4 Å². The van der Waals surface area contributed by atoms with Crippen LogP contribution < -0.4 is 5.32 Å². The molecule has 1 saturated carbocycles. The van der Waals surface area contributed by atoms with E-state index in [2.05, 4.69) is 19.2 Å². The van der Waals surface area contributed by atoms with Gasteiger partial charge in [0.05, 0.1) is 16.2 Å². The van der Waals surface area contributed by atoms with E-state index in [9.17, 15) is 18.0 Å². The molecule has 1 aliphatic rings. The highest BCUT2D eigenvalue weighted by molar-refractivity contribution is 7.91. The molecule has 0 radical (unpaired) electrons. The molecule has 3 atom stereocenters. The first-order valence-electron chi connectivity index (χ1n) is 9.04. The van der Waals surface area contributed by atoms with Crippen LogP contribution >= 0.6 is 0 Å².